The maximum atomic E-state index is 11.6. The van der Waals surface area contributed by atoms with E-state index in [-0.39, 0.29) is 6.09 Å². The van der Waals surface area contributed by atoms with E-state index in [9.17, 15) is 4.79 Å². The summed E-state index contributed by atoms with van der Waals surface area (Å²) in [5.74, 6) is 0. The van der Waals surface area contributed by atoms with E-state index < -0.39 is 0 Å². The molecule has 0 unspecified atom stereocenters. The zero-order chi connectivity index (χ0) is 15.4. The molecule has 0 atom stereocenters. The van der Waals surface area contributed by atoms with Gasteiger partial charge >= 0.3 is 6.09 Å². The molecule has 0 bridgehead atoms. The van der Waals surface area contributed by atoms with Gasteiger partial charge in [0.15, 0.2) is 0 Å². The molecule has 118 valence electrons. The highest BCUT2D eigenvalue weighted by Crippen LogP contribution is 2.20. The van der Waals surface area contributed by atoms with Crippen LogP contribution in [0.25, 0.3) is 0 Å². The molecule has 1 aromatic heterocycles. The Morgan fingerprint density at radius 3 is 2.67 bits per heavy atom. The second-order valence-electron chi connectivity index (χ2n) is 5.31. The van der Waals surface area contributed by atoms with Gasteiger partial charge in [0.05, 0.1) is 23.0 Å². The zero-order valence-corrected chi connectivity index (χ0v) is 13.6. The fraction of sp³-hybridized carbons (Fsp3) is 0.714. The number of carbonyl (C=O) groups is 1. The normalized spacial score (nSPS) is 16.3. The van der Waals surface area contributed by atoms with Crippen molar-refractivity contribution in [1.29, 1.82) is 0 Å². The monoisotopic (exact) mass is 314 g/mol. The number of nitrogens with one attached hydrogen (secondary N) is 1. The molecule has 1 aliphatic heterocycles. The van der Waals surface area contributed by atoms with Crippen LogP contribution in [0.3, 0.4) is 0 Å². The van der Waals surface area contributed by atoms with E-state index in [0.29, 0.717) is 19.2 Å². The molecule has 1 N–H and O–H groups in total. The van der Waals surface area contributed by atoms with Crippen LogP contribution in [0.15, 0.2) is 0 Å². The Kier molecular flexibility index (Phi) is 5.47. The predicted molar refractivity (Wildman–Crippen MR) is 81.4 cm³/mol. The van der Waals surface area contributed by atoms with Gasteiger partial charge in [0.2, 0.25) is 0 Å². The number of hydrogen-bond donors (Lipinski definition) is 1. The number of aryl methyl sites for hydroxylation is 2. The number of likely N-dealkylation sites (tertiary alicyclic amines) is 1. The first-order valence-electron chi connectivity index (χ1n) is 7.36. The molecule has 1 saturated heterocycles. The second-order valence-corrected chi connectivity index (χ2v) is 5.69. The summed E-state index contributed by atoms with van der Waals surface area (Å²) in [5, 5.41) is 8.54. The van der Waals surface area contributed by atoms with Crippen LogP contribution in [-0.2, 0) is 18.3 Å². The van der Waals surface area contributed by atoms with Gasteiger partial charge < -0.3 is 15.0 Å². The van der Waals surface area contributed by atoms with Gasteiger partial charge in [0.25, 0.3) is 0 Å². The fourth-order valence-electron chi connectivity index (χ4n) is 2.59. The molecule has 1 aromatic rings. The van der Waals surface area contributed by atoms with Gasteiger partial charge in [-0.05, 0) is 26.7 Å². The third kappa shape index (κ3) is 3.89. The van der Waals surface area contributed by atoms with Crippen molar-refractivity contribution in [3.63, 3.8) is 0 Å². The predicted octanol–water partition coefficient (Wildman–Crippen LogP) is 2.09. The van der Waals surface area contributed by atoms with Crippen LogP contribution in [0, 0.1) is 6.92 Å². The maximum Gasteiger partial charge on any atom is 0.409 e. The molecule has 2 heterocycles. The minimum atomic E-state index is -0.207. The molecule has 0 aromatic carbocycles. The van der Waals surface area contributed by atoms with Gasteiger partial charge in [-0.1, -0.05) is 11.6 Å². The first-order valence-corrected chi connectivity index (χ1v) is 7.73. The number of aromatic nitrogens is 2. The molecular formula is C14H23ClN4O2. The van der Waals surface area contributed by atoms with Crippen molar-refractivity contribution >= 4 is 17.7 Å². The van der Waals surface area contributed by atoms with Gasteiger partial charge in [-0.2, -0.15) is 5.10 Å². The number of ether oxygens (including phenoxy) is 1. The van der Waals surface area contributed by atoms with E-state index in [2.05, 4.69) is 10.4 Å². The van der Waals surface area contributed by atoms with Gasteiger partial charge in [-0.3, -0.25) is 4.68 Å². The minimum absolute atomic E-state index is 0.207. The van der Waals surface area contributed by atoms with Gasteiger partial charge in [0, 0.05) is 32.7 Å². The Balaban J connectivity index is 1.80. The summed E-state index contributed by atoms with van der Waals surface area (Å²) in [7, 11) is 1.90. The number of nitrogens with zero attached hydrogens (tertiary/aromatic N) is 3. The first kappa shape index (κ1) is 16.1. The van der Waals surface area contributed by atoms with Crippen molar-refractivity contribution < 1.29 is 9.53 Å². The summed E-state index contributed by atoms with van der Waals surface area (Å²) in [5.41, 5.74) is 1.86. The Labute approximate surface area is 130 Å². The van der Waals surface area contributed by atoms with Crippen molar-refractivity contribution in [3.05, 3.63) is 16.4 Å². The van der Waals surface area contributed by atoms with Crippen molar-refractivity contribution in [3.8, 4) is 0 Å². The van der Waals surface area contributed by atoms with E-state index >= 15 is 0 Å². The molecular weight excluding hydrogens is 292 g/mol. The van der Waals surface area contributed by atoms with Crippen LogP contribution < -0.4 is 5.32 Å². The number of carbonyl (C=O) groups excluding carboxylic acids is 1. The first-order chi connectivity index (χ1) is 10.0. The van der Waals surface area contributed by atoms with Crippen LogP contribution in [0.5, 0.6) is 0 Å². The van der Waals surface area contributed by atoms with Crippen LogP contribution in [0.1, 0.15) is 31.2 Å². The van der Waals surface area contributed by atoms with E-state index in [1.165, 1.54) is 0 Å². The highest BCUT2D eigenvalue weighted by molar-refractivity contribution is 6.31. The third-order valence-electron chi connectivity index (χ3n) is 3.84. The molecule has 21 heavy (non-hydrogen) atoms. The summed E-state index contributed by atoms with van der Waals surface area (Å²) < 4.78 is 6.84. The number of piperidine rings is 1. The van der Waals surface area contributed by atoms with Gasteiger partial charge in [-0.15, -0.1) is 0 Å². The van der Waals surface area contributed by atoms with Crippen LogP contribution in [-0.4, -0.2) is 46.5 Å². The average molecular weight is 315 g/mol. The summed E-state index contributed by atoms with van der Waals surface area (Å²) >= 11 is 6.24. The van der Waals surface area contributed by atoms with E-state index in [1.807, 2.05) is 25.6 Å². The lowest BCUT2D eigenvalue weighted by atomic mass is 10.1. The summed E-state index contributed by atoms with van der Waals surface area (Å²) in [6.45, 7) is 6.31. The smallest absolute Gasteiger partial charge is 0.409 e. The topological polar surface area (TPSA) is 59.4 Å². The zero-order valence-electron chi connectivity index (χ0n) is 12.9. The Morgan fingerprint density at radius 2 is 2.14 bits per heavy atom. The molecule has 0 aliphatic carbocycles. The van der Waals surface area contributed by atoms with Crippen LogP contribution in [0.2, 0.25) is 5.02 Å². The number of rotatable bonds is 4. The molecule has 1 fully saturated rings. The third-order valence-corrected chi connectivity index (χ3v) is 4.33. The van der Waals surface area contributed by atoms with Crippen molar-refractivity contribution in [1.82, 2.24) is 20.0 Å². The van der Waals surface area contributed by atoms with Gasteiger partial charge in [0.1, 0.15) is 0 Å². The van der Waals surface area contributed by atoms with Crippen LogP contribution >= 0.6 is 11.6 Å². The van der Waals surface area contributed by atoms with Crippen molar-refractivity contribution in [2.45, 2.75) is 39.3 Å². The van der Waals surface area contributed by atoms with Crippen molar-refractivity contribution in [2.75, 3.05) is 19.7 Å². The molecule has 7 heteroatoms. The summed E-state index contributed by atoms with van der Waals surface area (Å²) in [4.78, 5) is 13.4. The fourth-order valence-corrected chi connectivity index (χ4v) is 2.82. The Morgan fingerprint density at radius 1 is 1.48 bits per heavy atom. The lowest BCUT2D eigenvalue weighted by Crippen LogP contribution is -2.45. The van der Waals surface area contributed by atoms with E-state index in [4.69, 9.17) is 16.3 Å². The highest BCUT2D eigenvalue weighted by Gasteiger charge is 2.23. The largest absolute Gasteiger partial charge is 0.450 e. The lowest BCUT2D eigenvalue weighted by Gasteiger charge is -2.31. The van der Waals surface area contributed by atoms with Gasteiger partial charge in [-0.25, -0.2) is 4.79 Å². The maximum absolute atomic E-state index is 11.6. The molecule has 0 radical (unpaired) electrons. The standard InChI is InChI=1S/C14H23ClN4O2/c1-4-21-14(20)19-7-5-11(6-8-19)16-9-12-13(15)10(2)17-18(12)3/h11,16H,4-9H2,1-3H3. The van der Waals surface area contributed by atoms with E-state index in [0.717, 1.165) is 42.3 Å². The number of halogens is 1. The van der Waals surface area contributed by atoms with E-state index in [1.54, 1.807) is 4.90 Å². The lowest BCUT2D eigenvalue weighted by molar-refractivity contribution is 0.0949. The molecule has 1 aliphatic rings. The minimum Gasteiger partial charge on any atom is -0.450 e. The average Bonchev–Trinajstić information content (AvgIpc) is 2.71. The molecule has 2 rings (SSSR count). The summed E-state index contributed by atoms with van der Waals surface area (Å²) in [6, 6.07) is 0.391. The van der Waals surface area contributed by atoms with Crippen molar-refractivity contribution in [2.24, 2.45) is 7.05 Å². The molecule has 0 saturated carbocycles. The Hall–Kier alpha value is -1.27. The highest BCUT2D eigenvalue weighted by atomic mass is 35.5. The molecule has 6 nitrogen and oxygen atoms in total. The molecule has 0 spiro atoms. The summed E-state index contributed by atoms with van der Waals surface area (Å²) in [6.07, 6.45) is 1.64. The SMILES string of the molecule is CCOC(=O)N1CCC(NCc2c(Cl)c(C)nn2C)CC1. The molecule has 1 amide bonds. The number of amides is 1. The quantitative estimate of drug-likeness (QED) is 0.924. The van der Waals surface area contributed by atoms with Crippen LogP contribution in [0.4, 0.5) is 4.79 Å². The number of hydrogen-bond acceptors (Lipinski definition) is 4. The second kappa shape index (κ2) is 7.13. The Bertz CT molecular complexity index is 495.